The van der Waals surface area contributed by atoms with Gasteiger partial charge in [-0.2, -0.15) is 5.26 Å². The molecule has 0 aliphatic rings. The molecule has 1 N–H and O–H groups in total. The third-order valence-electron chi connectivity index (χ3n) is 3.56. The third-order valence-corrected chi connectivity index (χ3v) is 5.42. The summed E-state index contributed by atoms with van der Waals surface area (Å²) in [6, 6.07) is 13.2. The third kappa shape index (κ3) is 4.91. The number of hydrogen-bond donors (Lipinski definition) is 1. The van der Waals surface area contributed by atoms with Crippen LogP contribution in [0.1, 0.15) is 21.8 Å². The molecule has 0 saturated heterocycles. The van der Waals surface area contributed by atoms with Gasteiger partial charge in [0.15, 0.2) is 0 Å². The highest BCUT2D eigenvalue weighted by atomic mass is 32.2. The van der Waals surface area contributed by atoms with E-state index in [0.29, 0.717) is 11.3 Å². The molecule has 0 unspecified atom stereocenters. The van der Waals surface area contributed by atoms with E-state index in [-0.39, 0.29) is 12.3 Å². The molecular weight excluding hydrogens is 364 g/mol. The van der Waals surface area contributed by atoms with Crippen molar-refractivity contribution in [2.75, 3.05) is 5.32 Å². The number of hydrogen-bond acceptors (Lipinski definition) is 6. The van der Waals surface area contributed by atoms with Gasteiger partial charge >= 0.3 is 0 Å². The van der Waals surface area contributed by atoms with Gasteiger partial charge in [-0.15, -0.1) is 11.3 Å². The molecule has 5 nitrogen and oxygen atoms in total. The molecule has 1 amide bonds. The Kier molecular flexibility index (Phi) is 6.00. The first kappa shape index (κ1) is 18.1. The smallest absolute Gasteiger partial charge is 0.231 e. The lowest BCUT2D eigenvalue weighted by Gasteiger charge is -2.06. The summed E-state index contributed by atoms with van der Waals surface area (Å²) in [5.41, 5.74) is 3.36. The molecule has 0 fully saturated rings. The lowest BCUT2D eigenvalue weighted by atomic mass is 10.2. The molecule has 3 aromatic rings. The number of aryl methyl sites for hydroxylation is 1. The number of aromatic nitrogens is 2. The number of anilines is 1. The number of pyridine rings is 1. The van der Waals surface area contributed by atoms with Crippen molar-refractivity contribution in [1.29, 1.82) is 5.26 Å². The Labute approximate surface area is 160 Å². The number of nitrogens with one attached hydrogen (secondary N) is 1. The molecule has 7 heteroatoms. The van der Waals surface area contributed by atoms with Gasteiger partial charge < -0.3 is 5.32 Å². The van der Waals surface area contributed by atoms with Crippen LogP contribution in [-0.4, -0.2) is 15.9 Å². The average Bonchev–Trinajstić information content (AvgIpc) is 3.09. The van der Waals surface area contributed by atoms with Crippen LogP contribution in [0.3, 0.4) is 0 Å². The van der Waals surface area contributed by atoms with Gasteiger partial charge in [0.1, 0.15) is 5.01 Å². The molecule has 3 rings (SSSR count). The van der Waals surface area contributed by atoms with Crippen molar-refractivity contribution in [1.82, 2.24) is 9.97 Å². The maximum Gasteiger partial charge on any atom is 0.231 e. The predicted octanol–water partition coefficient (Wildman–Crippen LogP) is 4.19. The highest BCUT2D eigenvalue weighted by Crippen LogP contribution is 2.23. The number of nitrogens with zero attached hydrogens (tertiary/aromatic N) is 3. The number of amides is 1. The molecule has 2 heterocycles. The van der Waals surface area contributed by atoms with Gasteiger partial charge in [0.2, 0.25) is 5.91 Å². The fourth-order valence-electron chi connectivity index (χ4n) is 2.25. The number of carbonyl (C=O) groups is 1. The fraction of sp³-hybridized carbons (Fsp3) is 0.158. The zero-order valence-electron chi connectivity index (χ0n) is 14.1. The van der Waals surface area contributed by atoms with Crippen LogP contribution in [0.5, 0.6) is 0 Å². The van der Waals surface area contributed by atoms with Crippen LogP contribution in [0, 0.1) is 18.3 Å². The van der Waals surface area contributed by atoms with Gasteiger partial charge in [-0.05, 0) is 30.7 Å². The summed E-state index contributed by atoms with van der Waals surface area (Å²) in [4.78, 5) is 21.0. The second-order valence-electron chi connectivity index (χ2n) is 5.56. The molecule has 0 aliphatic carbocycles. The van der Waals surface area contributed by atoms with E-state index in [1.54, 1.807) is 18.3 Å². The van der Waals surface area contributed by atoms with E-state index in [0.717, 1.165) is 27.0 Å². The average molecular weight is 380 g/mol. The van der Waals surface area contributed by atoms with Gasteiger partial charge in [-0.25, -0.2) is 9.97 Å². The van der Waals surface area contributed by atoms with E-state index < -0.39 is 0 Å². The van der Waals surface area contributed by atoms with E-state index in [2.05, 4.69) is 21.4 Å². The summed E-state index contributed by atoms with van der Waals surface area (Å²) in [6.45, 7) is 1.96. The summed E-state index contributed by atoms with van der Waals surface area (Å²) in [7, 11) is 0. The van der Waals surface area contributed by atoms with Crippen molar-refractivity contribution in [3.63, 3.8) is 0 Å². The largest absolute Gasteiger partial charge is 0.325 e. The van der Waals surface area contributed by atoms with E-state index >= 15 is 0 Å². The van der Waals surface area contributed by atoms with Crippen LogP contribution in [0.15, 0.2) is 53.0 Å². The number of nitriles is 1. The van der Waals surface area contributed by atoms with Crippen molar-refractivity contribution in [2.45, 2.75) is 24.1 Å². The first-order valence-electron chi connectivity index (χ1n) is 7.92. The van der Waals surface area contributed by atoms with E-state index in [1.165, 1.54) is 23.1 Å². The Hall–Kier alpha value is -2.69. The number of rotatable bonds is 6. The van der Waals surface area contributed by atoms with Crippen molar-refractivity contribution in [3.05, 3.63) is 69.8 Å². The molecule has 2 aromatic heterocycles. The maximum absolute atomic E-state index is 12.2. The van der Waals surface area contributed by atoms with Gasteiger partial charge in [-0.1, -0.05) is 30.0 Å². The van der Waals surface area contributed by atoms with E-state index in [4.69, 9.17) is 5.26 Å². The molecule has 1 aromatic carbocycles. The second kappa shape index (κ2) is 8.61. The highest BCUT2D eigenvalue weighted by molar-refractivity contribution is 7.98. The lowest BCUT2D eigenvalue weighted by molar-refractivity contribution is -0.115. The molecule has 0 radical (unpaired) electrons. The van der Waals surface area contributed by atoms with E-state index in [9.17, 15) is 4.79 Å². The molecule has 0 atom stereocenters. The van der Waals surface area contributed by atoms with Crippen LogP contribution < -0.4 is 5.32 Å². The minimum Gasteiger partial charge on any atom is -0.325 e. The Morgan fingerprint density at radius 3 is 3.00 bits per heavy atom. The fourth-order valence-corrected chi connectivity index (χ4v) is 3.93. The normalized spacial score (nSPS) is 10.3. The number of benzene rings is 1. The molecule has 0 bridgehead atoms. The Morgan fingerprint density at radius 2 is 2.19 bits per heavy atom. The van der Waals surface area contributed by atoms with Crippen LogP contribution >= 0.6 is 23.1 Å². The predicted molar refractivity (Wildman–Crippen MR) is 104 cm³/mol. The van der Waals surface area contributed by atoms with Crippen LogP contribution in [0.4, 0.5) is 5.69 Å². The maximum atomic E-state index is 12.2. The van der Waals surface area contributed by atoms with E-state index in [1.807, 2.05) is 36.6 Å². The molecular formula is C19H16N4OS2. The SMILES string of the molecule is Cc1ccccc1NC(=O)Cc1nc(CSc2cc(C#N)ccn2)cs1. The number of thioether (sulfide) groups is 1. The van der Waals surface area contributed by atoms with Crippen LogP contribution in [0.2, 0.25) is 0 Å². The highest BCUT2D eigenvalue weighted by Gasteiger charge is 2.10. The van der Waals surface area contributed by atoms with Crippen molar-refractivity contribution < 1.29 is 4.79 Å². The monoisotopic (exact) mass is 380 g/mol. The first-order valence-corrected chi connectivity index (χ1v) is 9.78. The summed E-state index contributed by atoms with van der Waals surface area (Å²) < 4.78 is 0. The minimum atomic E-state index is -0.0729. The summed E-state index contributed by atoms with van der Waals surface area (Å²) in [6.07, 6.45) is 1.88. The summed E-state index contributed by atoms with van der Waals surface area (Å²) in [5.74, 6) is 0.578. The van der Waals surface area contributed by atoms with Crippen molar-refractivity contribution in [2.24, 2.45) is 0 Å². The molecule has 0 spiro atoms. The van der Waals surface area contributed by atoms with Crippen molar-refractivity contribution in [3.8, 4) is 6.07 Å². The number of thiazole rings is 1. The lowest BCUT2D eigenvalue weighted by Crippen LogP contribution is -2.15. The van der Waals surface area contributed by atoms with Crippen LogP contribution in [-0.2, 0) is 17.0 Å². The standard InChI is InChI=1S/C19H16N4OS2/c1-13-4-2-3-5-16(13)23-17(24)9-19-22-15(12-26-19)11-25-18-8-14(10-20)6-7-21-18/h2-8,12H,9,11H2,1H3,(H,23,24). The van der Waals surface area contributed by atoms with Gasteiger partial charge in [0.25, 0.3) is 0 Å². The Morgan fingerprint density at radius 1 is 1.35 bits per heavy atom. The molecule has 0 saturated carbocycles. The Balaban J connectivity index is 1.55. The zero-order chi connectivity index (χ0) is 18.4. The minimum absolute atomic E-state index is 0.0729. The second-order valence-corrected chi connectivity index (χ2v) is 7.49. The van der Waals surface area contributed by atoms with Gasteiger partial charge in [-0.3, -0.25) is 4.79 Å². The first-order chi connectivity index (χ1) is 12.6. The van der Waals surface area contributed by atoms with Crippen molar-refractivity contribution >= 4 is 34.7 Å². The summed E-state index contributed by atoms with van der Waals surface area (Å²) >= 11 is 3.00. The van der Waals surface area contributed by atoms with Gasteiger partial charge in [0, 0.05) is 23.0 Å². The molecule has 0 aliphatic heterocycles. The number of para-hydroxylation sites is 1. The Bertz CT molecular complexity index is 962. The summed E-state index contributed by atoms with van der Waals surface area (Å²) in [5, 5.41) is 15.4. The topological polar surface area (TPSA) is 78.7 Å². The molecule has 130 valence electrons. The number of carbonyl (C=O) groups excluding carboxylic acids is 1. The van der Waals surface area contributed by atoms with Crippen LogP contribution in [0.25, 0.3) is 0 Å². The van der Waals surface area contributed by atoms with Gasteiger partial charge in [0.05, 0.1) is 28.8 Å². The molecule has 26 heavy (non-hydrogen) atoms. The quantitative estimate of drug-likeness (QED) is 0.649. The zero-order valence-corrected chi connectivity index (χ0v) is 15.7.